The Hall–Kier alpha value is -2.12. The quantitative estimate of drug-likeness (QED) is 0.550. The minimum absolute atomic E-state index is 0.895. The van der Waals surface area contributed by atoms with E-state index in [9.17, 15) is 0 Å². The lowest BCUT2D eigenvalue weighted by Gasteiger charge is -2.36. The number of nitrogens with zero attached hydrogens (tertiary/aromatic N) is 1. The minimum Gasteiger partial charge on any atom is -0.259 e. The monoisotopic (exact) mass is 276 g/mol. The molecule has 1 heteroatoms. The van der Waals surface area contributed by atoms with Crippen molar-refractivity contribution >= 4 is 22.1 Å². The molecule has 1 nitrogen and oxygen atoms in total. The number of hydrogen-bond donors (Lipinski definition) is 0. The fraction of sp³-hybridized carbons (Fsp3) is 0.200. The number of fused-ring (bicyclic) bond motifs is 1. The second-order valence-electron chi connectivity index (χ2n) is 5.47. The van der Waals surface area contributed by atoms with Crippen LogP contribution in [-0.4, -0.2) is 13.1 Å². The predicted octanol–water partition coefficient (Wildman–Crippen LogP) is 5.52. The topological polar surface area (TPSA) is 0 Å². The van der Waals surface area contributed by atoms with E-state index < -0.39 is 0 Å². The maximum absolute atomic E-state index is 2.34. The van der Waals surface area contributed by atoms with Gasteiger partial charge in [0.2, 0.25) is 0 Å². The van der Waals surface area contributed by atoms with Gasteiger partial charge in [-0.1, -0.05) is 42.5 Å². The van der Waals surface area contributed by atoms with Crippen molar-refractivity contribution in [2.45, 2.75) is 13.8 Å². The molecule has 3 aromatic carbocycles. The van der Waals surface area contributed by atoms with Crippen LogP contribution in [0.1, 0.15) is 13.8 Å². The molecule has 0 aliphatic carbocycles. The van der Waals surface area contributed by atoms with Crippen LogP contribution in [-0.2, 0) is 0 Å². The maximum Gasteiger partial charge on any atom is 0.138 e. The number of quaternary nitrogens is 1. The summed E-state index contributed by atoms with van der Waals surface area (Å²) >= 11 is 0. The lowest BCUT2D eigenvalue weighted by Crippen LogP contribution is -2.43. The Balaban J connectivity index is 2.19. The molecule has 0 aliphatic heterocycles. The van der Waals surface area contributed by atoms with Crippen molar-refractivity contribution in [2.24, 2.45) is 0 Å². The standard InChI is InChI=1S/C20H22N/c1-3-21(4-2,19-12-6-5-7-13-19)20-15-14-17-10-8-9-11-18(17)16-20/h5-16H,3-4H2,1-2H3/q+1. The molecule has 0 aromatic heterocycles. The van der Waals surface area contributed by atoms with Crippen LogP contribution in [0.3, 0.4) is 0 Å². The van der Waals surface area contributed by atoms with E-state index in [1.165, 1.54) is 22.1 Å². The van der Waals surface area contributed by atoms with Crippen LogP contribution < -0.4 is 4.48 Å². The summed E-state index contributed by atoms with van der Waals surface area (Å²) < 4.78 is 0.895. The van der Waals surface area contributed by atoms with Crippen molar-refractivity contribution in [1.82, 2.24) is 4.48 Å². The van der Waals surface area contributed by atoms with Gasteiger partial charge in [0.25, 0.3) is 0 Å². The molecule has 0 heterocycles. The predicted molar refractivity (Wildman–Crippen MR) is 92.9 cm³/mol. The van der Waals surface area contributed by atoms with Gasteiger partial charge in [0.15, 0.2) is 0 Å². The molecule has 0 bridgehead atoms. The molecule has 0 unspecified atom stereocenters. The van der Waals surface area contributed by atoms with Crippen molar-refractivity contribution < 1.29 is 0 Å². The second-order valence-corrected chi connectivity index (χ2v) is 5.47. The van der Waals surface area contributed by atoms with E-state index >= 15 is 0 Å². The lowest BCUT2D eigenvalue weighted by atomic mass is 10.1. The molecule has 21 heavy (non-hydrogen) atoms. The van der Waals surface area contributed by atoms with Gasteiger partial charge in [-0.25, -0.2) is 0 Å². The van der Waals surface area contributed by atoms with Crippen molar-refractivity contribution in [2.75, 3.05) is 13.1 Å². The summed E-state index contributed by atoms with van der Waals surface area (Å²) in [5.41, 5.74) is 2.72. The average Bonchev–Trinajstić information content (AvgIpc) is 2.57. The molecule has 0 spiro atoms. The summed E-state index contributed by atoms with van der Waals surface area (Å²) in [6.07, 6.45) is 0. The highest BCUT2D eigenvalue weighted by molar-refractivity contribution is 5.86. The summed E-state index contributed by atoms with van der Waals surface area (Å²) in [5.74, 6) is 0. The fourth-order valence-corrected chi connectivity index (χ4v) is 3.26. The van der Waals surface area contributed by atoms with Crippen LogP contribution in [0.25, 0.3) is 10.8 Å². The number of rotatable bonds is 4. The molecular formula is C20H22N+. The molecule has 0 amide bonds. The largest absolute Gasteiger partial charge is 0.259 e. The number of para-hydroxylation sites is 1. The molecule has 0 saturated heterocycles. The normalized spacial score (nSPS) is 11.7. The third-order valence-corrected chi connectivity index (χ3v) is 4.56. The average molecular weight is 276 g/mol. The molecule has 0 saturated carbocycles. The maximum atomic E-state index is 2.34. The van der Waals surface area contributed by atoms with Gasteiger partial charge < -0.3 is 0 Å². The summed E-state index contributed by atoms with van der Waals surface area (Å²) in [6.45, 7) is 6.65. The zero-order valence-corrected chi connectivity index (χ0v) is 12.8. The Morgan fingerprint density at radius 3 is 1.90 bits per heavy atom. The van der Waals surface area contributed by atoms with Crippen molar-refractivity contribution in [3.05, 3.63) is 72.8 Å². The van der Waals surface area contributed by atoms with Gasteiger partial charge in [-0.2, -0.15) is 0 Å². The Morgan fingerprint density at radius 1 is 0.619 bits per heavy atom. The fourth-order valence-electron chi connectivity index (χ4n) is 3.26. The van der Waals surface area contributed by atoms with E-state index in [2.05, 4.69) is 86.6 Å². The molecule has 0 N–H and O–H groups in total. The third kappa shape index (κ3) is 2.34. The van der Waals surface area contributed by atoms with Gasteiger partial charge in [0.1, 0.15) is 11.4 Å². The van der Waals surface area contributed by atoms with Gasteiger partial charge in [-0.05, 0) is 42.8 Å². The molecular weight excluding hydrogens is 254 g/mol. The van der Waals surface area contributed by atoms with Crippen molar-refractivity contribution in [3.8, 4) is 0 Å². The first-order chi connectivity index (χ1) is 10.3. The number of hydrogen-bond acceptors (Lipinski definition) is 0. The van der Waals surface area contributed by atoms with Crippen LogP contribution in [0.15, 0.2) is 72.8 Å². The van der Waals surface area contributed by atoms with Gasteiger partial charge in [-0.15, -0.1) is 0 Å². The Kier molecular flexibility index (Phi) is 3.76. The van der Waals surface area contributed by atoms with Gasteiger partial charge in [0, 0.05) is 12.1 Å². The van der Waals surface area contributed by atoms with Gasteiger partial charge in [-0.3, -0.25) is 4.48 Å². The summed E-state index contributed by atoms with van der Waals surface area (Å²) in [4.78, 5) is 0. The van der Waals surface area contributed by atoms with Crippen molar-refractivity contribution in [3.63, 3.8) is 0 Å². The van der Waals surface area contributed by atoms with E-state index in [4.69, 9.17) is 0 Å². The molecule has 106 valence electrons. The van der Waals surface area contributed by atoms with Crippen LogP contribution in [0.2, 0.25) is 0 Å². The van der Waals surface area contributed by atoms with E-state index in [1.807, 2.05) is 0 Å². The highest BCUT2D eigenvalue weighted by Gasteiger charge is 2.29. The van der Waals surface area contributed by atoms with Crippen LogP contribution in [0.4, 0.5) is 11.4 Å². The first-order valence-electron chi connectivity index (χ1n) is 7.72. The minimum atomic E-state index is 0.895. The zero-order valence-electron chi connectivity index (χ0n) is 12.8. The van der Waals surface area contributed by atoms with Crippen LogP contribution in [0, 0.1) is 0 Å². The van der Waals surface area contributed by atoms with E-state index in [0.29, 0.717) is 0 Å². The van der Waals surface area contributed by atoms with Crippen molar-refractivity contribution in [1.29, 1.82) is 0 Å². The Morgan fingerprint density at radius 2 is 1.24 bits per heavy atom. The second kappa shape index (κ2) is 5.71. The van der Waals surface area contributed by atoms with E-state index in [1.54, 1.807) is 0 Å². The summed E-state index contributed by atoms with van der Waals surface area (Å²) in [7, 11) is 0. The first-order valence-corrected chi connectivity index (χ1v) is 7.72. The molecule has 0 fully saturated rings. The zero-order chi connectivity index (χ0) is 14.7. The first kappa shape index (κ1) is 13.8. The summed E-state index contributed by atoms with van der Waals surface area (Å²) in [6, 6.07) is 26.3. The molecule has 3 rings (SSSR count). The van der Waals surface area contributed by atoms with Crippen LogP contribution >= 0.6 is 0 Å². The Bertz CT molecular complexity index is 727. The highest BCUT2D eigenvalue weighted by Crippen LogP contribution is 2.35. The molecule has 0 atom stereocenters. The van der Waals surface area contributed by atoms with E-state index in [-0.39, 0.29) is 0 Å². The smallest absolute Gasteiger partial charge is 0.138 e. The molecule has 0 radical (unpaired) electrons. The lowest BCUT2D eigenvalue weighted by molar-refractivity contribution is 0.421. The molecule has 3 aromatic rings. The Labute approximate surface area is 127 Å². The number of benzene rings is 3. The third-order valence-electron chi connectivity index (χ3n) is 4.56. The molecule has 0 aliphatic rings. The van der Waals surface area contributed by atoms with Crippen LogP contribution in [0.5, 0.6) is 0 Å². The van der Waals surface area contributed by atoms with E-state index in [0.717, 1.165) is 17.6 Å². The van der Waals surface area contributed by atoms with Gasteiger partial charge >= 0.3 is 0 Å². The highest BCUT2D eigenvalue weighted by atomic mass is 15.4. The van der Waals surface area contributed by atoms with Gasteiger partial charge in [0.05, 0.1) is 13.1 Å². The summed E-state index contributed by atoms with van der Waals surface area (Å²) in [5, 5.41) is 2.62. The SMILES string of the molecule is CC[N+](CC)(c1ccccc1)c1ccc2ccccc2c1.